The summed E-state index contributed by atoms with van der Waals surface area (Å²) >= 11 is 0. The second-order valence-corrected chi connectivity index (χ2v) is 8.39. The van der Waals surface area contributed by atoms with Crippen molar-refractivity contribution in [1.82, 2.24) is 10.6 Å². The Kier molecular flexibility index (Phi) is 10.7. The second-order valence-electron chi connectivity index (χ2n) is 8.39. The minimum Gasteiger partial charge on any atom is -0.343 e. The van der Waals surface area contributed by atoms with E-state index in [0.29, 0.717) is 19.4 Å². The highest BCUT2D eigenvalue weighted by Gasteiger charge is 2.40. The van der Waals surface area contributed by atoms with E-state index in [2.05, 4.69) is 10.6 Å². The van der Waals surface area contributed by atoms with Crippen LogP contribution in [0.4, 0.5) is 0 Å². The van der Waals surface area contributed by atoms with Gasteiger partial charge in [0.15, 0.2) is 17.7 Å². The van der Waals surface area contributed by atoms with Gasteiger partial charge in [-0.25, -0.2) is 0 Å². The molecule has 2 amide bonds. The summed E-state index contributed by atoms with van der Waals surface area (Å²) in [4.78, 5) is 50.6. The zero-order chi connectivity index (χ0) is 25.8. The van der Waals surface area contributed by atoms with E-state index in [1.54, 1.807) is 42.5 Å². The van der Waals surface area contributed by atoms with E-state index in [1.165, 1.54) is 12.1 Å². The maximum absolute atomic E-state index is 13.2. The van der Waals surface area contributed by atoms with E-state index in [-0.39, 0.29) is 18.3 Å². The number of ketones is 1. The van der Waals surface area contributed by atoms with Crippen molar-refractivity contribution in [3.63, 3.8) is 0 Å². The summed E-state index contributed by atoms with van der Waals surface area (Å²) in [7, 11) is 0. The van der Waals surface area contributed by atoms with Gasteiger partial charge < -0.3 is 33.6 Å². The van der Waals surface area contributed by atoms with Gasteiger partial charge in [-0.05, 0) is 24.9 Å². The number of Topliss-reactive ketones (excluding diaryl/α,β-unsaturated/α-hetero) is 1. The first-order valence-electron chi connectivity index (χ1n) is 11.4. The molecule has 10 N–H and O–H groups in total. The monoisotopic (exact) mass is 482 g/mol. The van der Waals surface area contributed by atoms with E-state index in [9.17, 15) is 19.2 Å². The molecule has 0 bridgehead atoms. The molecule has 2 unspecified atom stereocenters. The molecule has 0 aliphatic heterocycles. The quantitative estimate of drug-likeness (QED) is 0.0883. The summed E-state index contributed by atoms with van der Waals surface area (Å²) < 4.78 is 0. The lowest BCUT2D eigenvalue weighted by Gasteiger charge is -2.32. The highest BCUT2D eigenvalue weighted by molar-refractivity contribution is 6.04. The molecule has 4 atom stereocenters. The molecule has 0 saturated heterocycles. The van der Waals surface area contributed by atoms with Gasteiger partial charge in [-0.2, -0.15) is 0 Å². The predicted octanol–water partition coefficient (Wildman–Crippen LogP) is -0.649. The average Bonchev–Trinajstić information content (AvgIpc) is 2.88. The third-order valence-corrected chi connectivity index (χ3v) is 5.61. The first kappa shape index (κ1) is 27.8. The summed E-state index contributed by atoms with van der Waals surface area (Å²) in [6.45, 7) is 0.486. The second kappa shape index (κ2) is 13.4. The minimum absolute atomic E-state index is 0.102. The Balaban J connectivity index is 2.20. The number of carbonyl (C=O) groups excluding carboxylic acids is 4. The average molecular weight is 483 g/mol. The van der Waals surface area contributed by atoms with Gasteiger partial charge in [-0.3, -0.25) is 19.2 Å². The summed E-state index contributed by atoms with van der Waals surface area (Å²) in [5, 5.41) is 5.00. The number of nitrogens with one attached hydrogen (secondary N) is 2. The first-order valence-corrected chi connectivity index (χ1v) is 11.4. The minimum atomic E-state index is -2.20. The molecule has 2 aromatic carbocycles. The van der Waals surface area contributed by atoms with Gasteiger partial charge in [0.2, 0.25) is 11.8 Å². The number of aldehydes is 1. The molecule has 0 aliphatic rings. The fourth-order valence-corrected chi connectivity index (χ4v) is 3.46. The van der Waals surface area contributed by atoms with E-state index < -0.39 is 41.4 Å². The molecule has 2 aromatic rings. The highest BCUT2D eigenvalue weighted by Crippen LogP contribution is 2.11. The first-order chi connectivity index (χ1) is 16.7. The lowest BCUT2D eigenvalue weighted by Crippen LogP contribution is -2.71. The molecule has 35 heavy (non-hydrogen) atoms. The van der Waals surface area contributed by atoms with Crippen molar-refractivity contribution < 1.29 is 19.2 Å². The molecule has 0 fully saturated rings. The third-order valence-electron chi connectivity index (χ3n) is 5.61. The van der Waals surface area contributed by atoms with Crippen LogP contribution in [0.25, 0.3) is 0 Å². The Morgan fingerprint density at radius 2 is 1.51 bits per heavy atom. The van der Waals surface area contributed by atoms with Crippen molar-refractivity contribution in [1.29, 1.82) is 0 Å². The molecule has 188 valence electrons. The summed E-state index contributed by atoms with van der Waals surface area (Å²) in [5.41, 5.74) is 22.4. The molecule has 0 aromatic heterocycles. The molecule has 0 heterocycles. The van der Waals surface area contributed by atoms with Gasteiger partial charge in [-0.1, -0.05) is 67.1 Å². The molecule has 0 radical (unpaired) electrons. The van der Waals surface area contributed by atoms with Crippen molar-refractivity contribution in [2.45, 2.75) is 49.5 Å². The fourth-order valence-electron chi connectivity index (χ4n) is 3.46. The molecule has 2 rings (SSSR count). The van der Waals surface area contributed by atoms with Crippen molar-refractivity contribution in [3.8, 4) is 0 Å². The predicted molar refractivity (Wildman–Crippen MR) is 133 cm³/mol. The lowest BCUT2D eigenvalue weighted by atomic mass is 9.93. The van der Waals surface area contributed by atoms with Crippen molar-refractivity contribution >= 4 is 23.9 Å². The van der Waals surface area contributed by atoms with Crippen molar-refractivity contribution in [3.05, 3.63) is 71.8 Å². The fraction of sp³-hybridized carbons (Fsp3) is 0.360. The number of hydrogen-bond acceptors (Lipinski definition) is 8. The number of rotatable bonds is 14. The van der Waals surface area contributed by atoms with Crippen LogP contribution < -0.4 is 33.6 Å². The Morgan fingerprint density at radius 1 is 0.914 bits per heavy atom. The van der Waals surface area contributed by atoms with Gasteiger partial charge in [0.1, 0.15) is 12.1 Å². The van der Waals surface area contributed by atoms with Crippen molar-refractivity contribution in [2.75, 3.05) is 6.54 Å². The zero-order valence-electron chi connectivity index (χ0n) is 19.6. The van der Waals surface area contributed by atoms with Gasteiger partial charge >= 0.3 is 0 Å². The SMILES string of the molecule is NCCCC[C@H](N)C(=O)N[C@@H](Cc1ccccc1)C(=O)NC(N)(C=O)C(N)C(=O)c1ccccc1. The van der Waals surface area contributed by atoms with Gasteiger partial charge in [0, 0.05) is 12.0 Å². The molecule has 10 heteroatoms. The van der Waals surface area contributed by atoms with Gasteiger partial charge in [0.25, 0.3) is 0 Å². The van der Waals surface area contributed by atoms with E-state index in [0.717, 1.165) is 12.0 Å². The number of hydrogen-bond donors (Lipinski definition) is 6. The largest absolute Gasteiger partial charge is 0.343 e. The molecular formula is C25H34N6O4. The lowest BCUT2D eigenvalue weighted by molar-refractivity contribution is -0.132. The molecule has 0 saturated carbocycles. The van der Waals surface area contributed by atoms with Crippen LogP contribution in [0, 0.1) is 0 Å². The van der Waals surface area contributed by atoms with E-state index in [1.807, 2.05) is 6.07 Å². The van der Waals surface area contributed by atoms with E-state index in [4.69, 9.17) is 22.9 Å². The Labute approximate surface area is 204 Å². The Morgan fingerprint density at radius 3 is 2.09 bits per heavy atom. The van der Waals surface area contributed by atoms with Crippen molar-refractivity contribution in [2.24, 2.45) is 22.9 Å². The molecular weight excluding hydrogens is 448 g/mol. The highest BCUT2D eigenvalue weighted by atomic mass is 16.2. The van der Waals surface area contributed by atoms with Gasteiger partial charge in [-0.15, -0.1) is 0 Å². The van der Waals surface area contributed by atoms with Crippen LogP contribution in [0.3, 0.4) is 0 Å². The van der Waals surface area contributed by atoms with Crippen LogP contribution in [-0.2, 0) is 20.8 Å². The van der Waals surface area contributed by atoms with Crippen LogP contribution >= 0.6 is 0 Å². The van der Waals surface area contributed by atoms with Crippen LogP contribution in [0.2, 0.25) is 0 Å². The van der Waals surface area contributed by atoms with Gasteiger partial charge in [0.05, 0.1) is 6.04 Å². The topological polar surface area (TPSA) is 196 Å². The summed E-state index contributed by atoms with van der Waals surface area (Å²) in [6, 6.07) is 13.5. The normalized spacial score (nSPS) is 15.2. The maximum atomic E-state index is 13.2. The zero-order valence-corrected chi connectivity index (χ0v) is 19.6. The third kappa shape index (κ3) is 8.08. The Hall–Kier alpha value is -3.44. The number of nitrogens with two attached hydrogens (primary N) is 4. The number of unbranched alkanes of at least 4 members (excludes halogenated alkanes) is 1. The Bertz CT molecular complexity index is 988. The summed E-state index contributed by atoms with van der Waals surface area (Å²) in [5.74, 6) is -1.93. The molecule has 10 nitrogen and oxygen atoms in total. The van der Waals surface area contributed by atoms with Crippen LogP contribution in [0.15, 0.2) is 60.7 Å². The van der Waals surface area contributed by atoms with Crippen LogP contribution in [-0.4, -0.2) is 54.2 Å². The standard InChI is InChI=1S/C25H34N6O4/c26-14-8-7-13-19(27)23(34)30-20(15-17-9-3-1-4-10-17)24(35)31-25(29,16-32)22(28)21(33)18-11-5-2-6-12-18/h1-6,9-12,16,19-20,22H,7-8,13-15,26-29H2,(H,30,34)(H,31,35)/t19-,20-,22?,25?/m0/s1. The summed E-state index contributed by atoms with van der Waals surface area (Å²) in [6.07, 6.45) is 2.10. The number of carbonyl (C=O) groups is 4. The number of benzene rings is 2. The number of amides is 2. The van der Waals surface area contributed by atoms with E-state index >= 15 is 0 Å². The maximum Gasteiger partial charge on any atom is 0.244 e. The smallest absolute Gasteiger partial charge is 0.244 e. The van der Waals surface area contributed by atoms with Crippen LogP contribution in [0.1, 0.15) is 35.2 Å². The molecule has 0 aliphatic carbocycles. The molecule has 0 spiro atoms. The van der Waals surface area contributed by atoms with Crippen LogP contribution in [0.5, 0.6) is 0 Å².